The lowest BCUT2D eigenvalue weighted by molar-refractivity contribution is -0.117. The average Bonchev–Trinajstić information content (AvgIpc) is 2.02. The molecule has 5 heteroatoms. The smallest absolute Gasteiger partial charge is 0.202 e. The summed E-state index contributed by atoms with van der Waals surface area (Å²) in [5.41, 5.74) is 0. The van der Waals surface area contributed by atoms with E-state index < -0.39 is 19.8 Å². The summed E-state index contributed by atoms with van der Waals surface area (Å²) in [5.74, 6) is -0.613. The molecule has 0 aliphatic carbocycles. The van der Waals surface area contributed by atoms with Gasteiger partial charge < -0.3 is 0 Å². The van der Waals surface area contributed by atoms with Crippen molar-refractivity contribution in [1.29, 1.82) is 0 Å². The van der Waals surface area contributed by atoms with E-state index in [2.05, 4.69) is 0 Å². The van der Waals surface area contributed by atoms with Crippen LogP contribution in [0.15, 0.2) is 0 Å². The molecule has 0 aliphatic rings. The number of rotatable bonds is 4. The Morgan fingerprint density at radius 1 is 1.42 bits per heavy atom. The highest BCUT2D eigenvalue weighted by Gasteiger charge is 2.43. The van der Waals surface area contributed by atoms with E-state index in [9.17, 15) is 13.2 Å². The molecule has 0 spiro atoms. The number of halogens is 1. The van der Waals surface area contributed by atoms with Crippen LogP contribution in [0.4, 0.5) is 0 Å². The zero-order valence-corrected chi connectivity index (χ0v) is 9.00. The molecule has 0 aromatic rings. The molecule has 0 saturated carbocycles. The largest absolute Gasteiger partial charge is 0.297 e. The number of hydrogen-bond acceptors (Lipinski definition) is 3. The molecule has 0 radical (unpaired) electrons. The SMILES string of the molecule is CC[C@](Cl)(C(C)=O)S(=O)(=O)CC. The van der Waals surface area contributed by atoms with Gasteiger partial charge >= 0.3 is 0 Å². The fraction of sp³-hybridized carbons (Fsp3) is 0.857. The van der Waals surface area contributed by atoms with Crippen LogP contribution in [0.25, 0.3) is 0 Å². The number of carbonyl (C=O) groups excluding carboxylic acids is 1. The maximum absolute atomic E-state index is 11.3. The van der Waals surface area contributed by atoms with Crippen molar-refractivity contribution >= 4 is 27.2 Å². The average molecular weight is 213 g/mol. The Hall–Kier alpha value is -0.0900. The van der Waals surface area contributed by atoms with E-state index in [1.807, 2.05) is 0 Å². The highest BCUT2D eigenvalue weighted by atomic mass is 35.5. The fourth-order valence-corrected chi connectivity index (χ4v) is 2.58. The van der Waals surface area contributed by atoms with Gasteiger partial charge in [0, 0.05) is 5.75 Å². The highest BCUT2D eigenvalue weighted by molar-refractivity contribution is 7.95. The number of alkyl halides is 1. The molecule has 0 unspecified atom stereocenters. The van der Waals surface area contributed by atoms with Gasteiger partial charge in [0.1, 0.15) is 0 Å². The zero-order valence-electron chi connectivity index (χ0n) is 7.43. The van der Waals surface area contributed by atoms with Gasteiger partial charge in [0.15, 0.2) is 15.6 Å². The Labute approximate surface area is 78.0 Å². The Balaban J connectivity index is 5.17. The van der Waals surface area contributed by atoms with Gasteiger partial charge in [0.2, 0.25) is 4.21 Å². The van der Waals surface area contributed by atoms with Crippen LogP contribution >= 0.6 is 11.6 Å². The number of hydrogen-bond donors (Lipinski definition) is 0. The quantitative estimate of drug-likeness (QED) is 0.662. The molecule has 3 nitrogen and oxygen atoms in total. The van der Waals surface area contributed by atoms with Crippen LogP contribution in [-0.4, -0.2) is 24.2 Å². The molecule has 0 N–H and O–H groups in total. The van der Waals surface area contributed by atoms with E-state index in [4.69, 9.17) is 11.6 Å². The maximum Gasteiger partial charge on any atom is 0.202 e. The van der Waals surface area contributed by atoms with Gasteiger partial charge in [-0.05, 0) is 13.3 Å². The van der Waals surface area contributed by atoms with Crippen molar-refractivity contribution < 1.29 is 13.2 Å². The van der Waals surface area contributed by atoms with Crippen molar-refractivity contribution in [2.24, 2.45) is 0 Å². The molecule has 72 valence electrons. The van der Waals surface area contributed by atoms with Crippen LogP contribution in [0.3, 0.4) is 0 Å². The number of sulfone groups is 1. The van der Waals surface area contributed by atoms with E-state index in [1.54, 1.807) is 6.92 Å². The molecule has 0 aromatic heterocycles. The van der Waals surface area contributed by atoms with Gasteiger partial charge in [0.25, 0.3) is 0 Å². The minimum atomic E-state index is -3.49. The third kappa shape index (κ3) is 1.80. The first kappa shape index (κ1) is 11.9. The van der Waals surface area contributed by atoms with E-state index in [1.165, 1.54) is 13.8 Å². The van der Waals surface area contributed by atoms with Crippen molar-refractivity contribution in [1.82, 2.24) is 0 Å². The predicted molar refractivity (Wildman–Crippen MR) is 49.0 cm³/mol. The second kappa shape index (κ2) is 3.75. The number of ketones is 1. The van der Waals surface area contributed by atoms with Crippen LogP contribution in [0.1, 0.15) is 27.2 Å². The van der Waals surface area contributed by atoms with Crippen LogP contribution < -0.4 is 0 Å². The lowest BCUT2D eigenvalue weighted by atomic mass is 10.2. The van der Waals surface area contributed by atoms with E-state index in [0.717, 1.165) is 0 Å². The van der Waals surface area contributed by atoms with E-state index >= 15 is 0 Å². The first-order chi connectivity index (χ1) is 5.31. The molecule has 1 atom stereocenters. The highest BCUT2D eigenvalue weighted by Crippen LogP contribution is 2.28. The zero-order chi connectivity index (χ0) is 9.99. The van der Waals surface area contributed by atoms with Gasteiger partial charge in [-0.3, -0.25) is 4.79 Å². The minimum Gasteiger partial charge on any atom is -0.297 e. The number of Topliss-reactive ketones (excluding diaryl/α,β-unsaturated/α-hetero) is 1. The molecule has 0 amide bonds. The Morgan fingerprint density at radius 2 is 1.83 bits per heavy atom. The molecule has 12 heavy (non-hydrogen) atoms. The Bertz CT molecular complexity index is 270. The lowest BCUT2D eigenvalue weighted by Crippen LogP contribution is -2.40. The minimum absolute atomic E-state index is 0.107. The Morgan fingerprint density at radius 3 is 1.92 bits per heavy atom. The fourth-order valence-electron chi connectivity index (χ4n) is 0.917. The lowest BCUT2D eigenvalue weighted by Gasteiger charge is -2.21. The van der Waals surface area contributed by atoms with Crippen LogP contribution in [-0.2, 0) is 14.6 Å². The molecule has 0 saturated heterocycles. The summed E-state index contributed by atoms with van der Waals surface area (Å²) >= 11 is 5.71. The van der Waals surface area contributed by atoms with Crippen molar-refractivity contribution in [2.45, 2.75) is 31.4 Å². The maximum atomic E-state index is 11.3. The molecule has 0 aromatic carbocycles. The van der Waals surface area contributed by atoms with Gasteiger partial charge in [-0.15, -0.1) is 0 Å². The second-order valence-corrected chi connectivity index (χ2v) is 5.91. The van der Waals surface area contributed by atoms with Crippen molar-refractivity contribution in [3.05, 3.63) is 0 Å². The van der Waals surface area contributed by atoms with Gasteiger partial charge in [-0.2, -0.15) is 0 Å². The molecular formula is C7H13ClO3S. The summed E-state index contributed by atoms with van der Waals surface area (Å²) in [6, 6.07) is 0. The van der Waals surface area contributed by atoms with Crippen molar-refractivity contribution in [2.75, 3.05) is 5.75 Å². The van der Waals surface area contributed by atoms with Gasteiger partial charge in [0.05, 0.1) is 0 Å². The monoisotopic (exact) mass is 212 g/mol. The van der Waals surface area contributed by atoms with Crippen LogP contribution in [0.5, 0.6) is 0 Å². The summed E-state index contributed by atoms with van der Waals surface area (Å²) in [4.78, 5) is 11.0. The number of carbonyl (C=O) groups is 1. The summed E-state index contributed by atoms with van der Waals surface area (Å²) in [6.45, 7) is 4.26. The van der Waals surface area contributed by atoms with Crippen molar-refractivity contribution in [3.8, 4) is 0 Å². The van der Waals surface area contributed by atoms with Crippen LogP contribution in [0.2, 0.25) is 0 Å². The van der Waals surface area contributed by atoms with Crippen LogP contribution in [0, 0.1) is 0 Å². The normalized spacial score (nSPS) is 17.0. The van der Waals surface area contributed by atoms with Gasteiger partial charge in [-0.1, -0.05) is 25.4 Å². The molecule has 0 aliphatic heterocycles. The second-order valence-electron chi connectivity index (χ2n) is 2.54. The summed E-state index contributed by atoms with van der Waals surface area (Å²) < 4.78 is 21.0. The molecule has 0 fully saturated rings. The summed E-state index contributed by atoms with van der Waals surface area (Å²) in [6.07, 6.45) is 0.111. The molecule has 0 bridgehead atoms. The predicted octanol–water partition coefficient (Wildman–Crippen LogP) is 1.36. The van der Waals surface area contributed by atoms with E-state index in [-0.39, 0.29) is 12.2 Å². The molecule has 0 rings (SSSR count). The summed E-state index contributed by atoms with van der Waals surface area (Å²) in [7, 11) is -3.49. The first-order valence-corrected chi connectivity index (χ1v) is 5.77. The van der Waals surface area contributed by atoms with Crippen molar-refractivity contribution in [3.63, 3.8) is 0 Å². The molecule has 0 heterocycles. The standard InChI is InChI=1S/C7H13ClO3S/c1-4-7(8,6(3)9)12(10,11)5-2/h4-5H2,1-3H3/t7-/m1/s1. The third-order valence-corrected chi connectivity index (χ3v) is 5.41. The van der Waals surface area contributed by atoms with Gasteiger partial charge in [-0.25, -0.2) is 8.42 Å². The first-order valence-electron chi connectivity index (χ1n) is 3.74. The third-order valence-electron chi connectivity index (χ3n) is 1.85. The molecular weight excluding hydrogens is 200 g/mol. The topological polar surface area (TPSA) is 51.2 Å². The van der Waals surface area contributed by atoms with E-state index in [0.29, 0.717) is 0 Å². The summed E-state index contributed by atoms with van der Waals surface area (Å²) in [5, 5.41) is 0. The Kier molecular flexibility index (Phi) is 3.72.